The second kappa shape index (κ2) is 9.91. The van der Waals surface area contributed by atoms with Crippen molar-refractivity contribution in [3.63, 3.8) is 0 Å². The molecule has 1 aliphatic carbocycles. The van der Waals surface area contributed by atoms with E-state index in [1.807, 2.05) is 0 Å². The van der Waals surface area contributed by atoms with E-state index >= 15 is 0 Å². The number of hydrogen-bond acceptors (Lipinski definition) is 3. The van der Waals surface area contributed by atoms with Gasteiger partial charge in [0.25, 0.3) is 0 Å². The number of amides is 1. The zero-order chi connectivity index (χ0) is 20.9. The first-order valence-electron chi connectivity index (χ1n) is 8.55. The molecule has 1 atom stereocenters. The summed E-state index contributed by atoms with van der Waals surface area (Å²) in [6.07, 6.45) is 3.39. The Morgan fingerprint density at radius 1 is 1.18 bits per heavy atom. The SMILES string of the molecule is O=C(O)c1cc(F)ccc1NC(=S)NC(NC(=O)C1CCCCC1)C(Cl)(Cl)Cl. The number of halogens is 4. The summed E-state index contributed by atoms with van der Waals surface area (Å²) in [7, 11) is 0. The summed E-state index contributed by atoms with van der Waals surface area (Å²) >= 11 is 23.0. The number of benzene rings is 1. The van der Waals surface area contributed by atoms with Gasteiger partial charge in [-0.1, -0.05) is 54.1 Å². The molecule has 1 aliphatic rings. The van der Waals surface area contributed by atoms with Crippen LogP contribution in [-0.2, 0) is 4.79 Å². The van der Waals surface area contributed by atoms with E-state index in [1.165, 1.54) is 6.07 Å². The Morgan fingerprint density at radius 2 is 1.82 bits per heavy atom. The molecular weight excluding hydrogens is 452 g/mol. The molecule has 11 heteroatoms. The number of nitrogens with one attached hydrogen (secondary N) is 3. The lowest BCUT2D eigenvalue weighted by Crippen LogP contribution is -2.57. The number of anilines is 1. The van der Waals surface area contributed by atoms with Gasteiger partial charge < -0.3 is 21.1 Å². The highest BCUT2D eigenvalue weighted by Gasteiger charge is 2.36. The molecule has 1 aromatic rings. The first-order chi connectivity index (χ1) is 13.1. The van der Waals surface area contributed by atoms with Gasteiger partial charge in [0, 0.05) is 5.92 Å². The molecule has 1 saturated carbocycles. The molecule has 1 aromatic carbocycles. The van der Waals surface area contributed by atoms with Crippen molar-refractivity contribution in [1.29, 1.82) is 0 Å². The van der Waals surface area contributed by atoms with Gasteiger partial charge in [0.2, 0.25) is 9.70 Å². The summed E-state index contributed by atoms with van der Waals surface area (Å²) in [5.41, 5.74) is -0.270. The Kier molecular flexibility index (Phi) is 8.12. The van der Waals surface area contributed by atoms with Crippen LogP contribution in [-0.4, -0.2) is 32.1 Å². The van der Waals surface area contributed by atoms with E-state index in [9.17, 15) is 19.1 Å². The number of rotatable bonds is 5. The number of alkyl halides is 3. The number of aromatic carboxylic acids is 1. The minimum atomic E-state index is -1.92. The summed E-state index contributed by atoms with van der Waals surface area (Å²) in [6.45, 7) is 0. The minimum Gasteiger partial charge on any atom is -0.478 e. The van der Waals surface area contributed by atoms with E-state index in [4.69, 9.17) is 47.0 Å². The molecule has 0 radical (unpaired) electrons. The second-order valence-electron chi connectivity index (χ2n) is 6.41. The van der Waals surface area contributed by atoms with Crippen molar-refractivity contribution in [1.82, 2.24) is 10.6 Å². The molecule has 4 N–H and O–H groups in total. The first kappa shape index (κ1) is 22.9. The molecule has 0 bridgehead atoms. The third-order valence-corrected chi connectivity index (χ3v) is 5.20. The summed E-state index contributed by atoms with van der Waals surface area (Å²) in [6, 6.07) is 3.15. The molecule has 28 heavy (non-hydrogen) atoms. The lowest BCUT2D eigenvalue weighted by molar-refractivity contribution is -0.126. The molecule has 1 unspecified atom stereocenters. The third kappa shape index (κ3) is 6.62. The van der Waals surface area contributed by atoms with Gasteiger partial charge in [-0.3, -0.25) is 4.79 Å². The largest absolute Gasteiger partial charge is 0.478 e. The predicted octanol–water partition coefficient (Wildman–Crippen LogP) is 4.20. The summed E-state index contributed by atoms with van der Waals surface area (Å²) in [5, 5.41) is 17.0. The second-order valence-corrected chi connectivity index (χ2v) is 9.19. The Morgan fingerprint density at radius 3 is 2.39 bits per heavy atom. The van der Waals surface area contributed by atoms with Gasteiger partial charge >= 0.3 is 5.97 Å². The average molecular weight is 471 g/mol. The molecule has 0 heterocycles. The van der Waals surface area contributed by atoms with Crippen molar-refractivity contribution >= 4 is 69.7 Å². The molecule has 6 nitrogen and oxygen atoms in total. The number of hydrogen-bond donors (Lipinski definition) is 4. The van der Waals surface area contributed by atoms with Crippen molar-refractivity contribution in [3.8, 4) is 0 Å². The smallest absolute Gasteiger partial charge is 0.337 e. The van der Waals surface area contributed by atoms with Gasteiger partial charge in [-0.25, -0.2) is 9.18 Å². The minimum absolute atomic E-state index is 0.0491. The van der Waals surface area contributed by atoms with Crippen LogP contribution in [0.1, 0.15) is 42.5 Å². The Labute approximate surface area is 182 Å². The van der Waals surface area contributed by atoms with Crippen LogP contribution < -0.4 is 16.0 Å². The topological polar surface area (TPSA) is 90.5 Å². The van der Waals surface area contributed by atoms with E-state index in [0.717, 1.165) is 44.2 Å². The van der Waals surface area contributed by atoms with Gasteiger partial charge in [0.1, 0.15) is 12.0 Å². The maximum atomic E-state index is 13.3. The van der Waals surface area contributed by atoms with Crippen molar-refractivity contribution in [2.24, 2.45) is 5.92 Å². The molecule has 1 fully saturated rings. The highest BCUT2D eigenvalue weighted by molar-refractivity contribution is 7.80. The number of thiocarbonyl (C=S) groups is 1. The zero-order valence-electron chi connectivity index (χ0n) is 14.6. The van der Waals surface area contributed by atoms with Crippen molar-refractivity contribution in [2.75, 3.05) is 5.32 Å². The monoisotopic (exact) mass is 469 g/mol. The summed E-state index contributed by atoms with van der Waals surface area (Å²) in [5.74, 6) is -2.46. The predicted molar refractivity (Wildman–Crippen MR) is 112 cm³/mol. The number of carboxylic acids is 1. The Balaban J connectivity index is 2.07. The fourth-order valence-electron chi connectivity index (χ4n) is 2.92. The van der Waals surface area contributed by atoms with Crippen LogP contribution in [0.25, 0.3) is 0 Å². The normalized spacial score (nSPS) is 16.1. The van der Waals surface area contributed by atoms with Crippen LogP contribution in [0, 0.1) is 11.7 Å². The van der Waals surface area contributed by atoms with E-state index in [2.05, 4.69) is 16.0 Å². The van der Waals surface area contributed by atoms with Gasteiger partial charge in [-0.05, 0) is 43.3 Å². The van der Waals surface area contributed by atoms with Gasteiger partial charge in [0.05, 0.1) is 11.3 Å². The van der Waals surface area contributed by atoms with Crippen molar-refractivity contribution < 1.29 is 19.1 Å². The van der Waals surface area contributed by atoms with Crippen LogP contribution >= 0.6 is 47.0 Å². The third-order valence-electron chi connectivity index (χ3n) is 4.33. The van der Waals surface area contributed by atoms with E-state index < -0.39 is 21.7 Å². The van der Waals surface area contributed by atoms with Crippen molar-refractivity contribution in [2.45, 2.75) is 42.1 Å². The summed E-state index contributed by atoms with van der Waals surface area (Å²) < 4.78 is 11.4. The number of carbonyl (C=O) groups excluding carboxylic acids is 1. The van der Waals surface area contributed by atoms with Crippen LogP contribution in [0.15, 0.2) is 18.2 Å². The zero-order valence-corrected chi connectivity index (χ0v) is 17.7. The fraction of sp³-hybridized carbons (Fsp3) is 0.471. The van der Waals surface area contributed by atoms with Crippen molar-refractivity contribution in [3.05, 3.63) is 29.6 Å². The number of carbonyl (C=O) groups is 2. The van der Waals surface area contributed by atoms with Crippen LogP contribution in [0.3, 0.4) is 0 Å². The number of carboxylic acid groups (broad SMARTS) is 1. The molecule has 154 valence electrons. The molecular formula is C17H19Cl3FN3O3S. The van der Waals surface area contributed by atoms with Crippen LogP contribution in [0.5, 0.6) is 0 Å². The quantitative estimate of drug-likeness (QED) is 0.293. The lowest BCUT2D eigenvalue weighted by atomic mass is 9.88. The molecule has 0 spiro atoms. The molecule has 1 amide bonds. The lowest BCUT2D eigenvalue weighted by Gasteiger charge is -2.30. The Bertz CT molecular complexity index is 755. The Hall–Kier alpha value is -1.35. The van der Waals surface area contributed by atoms with Gasteiger partial charge in [-0.2, -0.15) is 0 Å². The first-order valence-corrected chi connectivity index (χ1v) is 10.1. The van der Waals surface area contributed by atoms with E-state index in [0.29, 0.717) is 0 Å². The molecule has 0 saturated heterocycles. The maximum absolute atomic E-state index is 13.3. The van der Waals surface area contributed by atoms with Crippen LogP contribution in [0.2, 0.25) is 0 Å². The highest BCUT2D eigenvalue weighted by atomic mass is 35.6. The van der Waals surface area contributed by atoms with E-state index in [-0.39, 0.29) is 28.2 Å². The standard InChI is InChI=1S/C17H19Cl3FN3O3S/c18-17(19,20)15(23-13(25)9-4-2-1-3-5-9)24-16(28)22-12-7-6-10(21)8-11(12)14(26)27/h6-9,15H,1-5H2,(H,23,25)(H,26,27)(H2,22,24,28). The molecule has 2 rings (SSSR count). The van der Waals surface area contributed by atoms with Gasteiger partial charge in [0.15, 0.2) is 5.11 Å². The maximum Gasteiger partial charge on any atom is 0.337 e. The van der Waals surface area contributed by atoms with Crippen LogP contribution in [0.4, 0.5) is 10.1 Å². The van der Waals surface area contributed by atoms with Gasteiger partial charge in [-0.15, -0.1) is 0 Å². The molecule has 0 aliphatic heterocycles. The fourth-order valence-corrected chi connectivity index (χ4v) is 3.47. The highest BCUT2D eigenvalue weighted by Crippen LogP contribution is 2.30. The summed E-state index contributed by atoms with van der Waals surface area (Å²) in [4.78, 5) is 23.7. The van der Waals surface area contributed by atoms with E-state index in [1.54, 1.807) is 0 Å². The molecule has 0 aromatic heterocycles. The average Bonchev–Trinajstić information content (AvgIpc) is 2.62.